The van der Waals surface area contributed by atoms with Crippen LogP contribution in [0.4, 0.5) is 0 Å². The Morgan fingerprint density at radius 3 is 2.11 bits per heavy atom. The van der Waals surface area contributed by atoms with Gasteiger partial charge in [-0.2, -0.15) is 0 Å². The Morgan fingerprint density at radius 2 is 1.54 bits per heavy atom. The highest BCUT2D eigenvalue weighted by Crippen LogP contribution is 2.50. The fourth-order valence-corrected chi connectivity index (χ4v) is 5.85. The molecule has 35 heavy (non-hydrogen) atoms. The average Bonchev–Trinajstić information content (AvgIpc) is 2.85. The number of allylic oxidation sites excluding steroid dienone is 4. The normalized spacial score (nSPS) is 18.6. The number of hydrogen-bond donors (Lipinski definition) is 0. The van der Waals surface area contributed by atoms with Gasteiger partial charge in [0.1, 0.15) is 6.61 Å². The molecule has 2 aromatic rings. The van der Waals surface area contributed by atoms with Crippen molar-refractivity contribution in [1.82, 2.24) is 4.90 Å². The van der Waals surface area contributed by atoms with Crippen molar-refractivity contribution in [3.05, 3.63) is 80.7 Å². The number of hydrogen-bond acceptors (Lipinski definition) is 5. The van der Waals surface area contributed by atoms with Crippen molar-refractivity contribution >= 4 is 23.2 Å². The van der Waals surface area contributed by atoms with Gasteiger partial charge in [-0.3, -0.25) is 9.59 Å². The van der Waals surface area contributed by atoms with E-state index in [1.807, 2.05) is 50.4 Å². The van der Waals surface area contributed by atoms with E-state index in [1.54, 1.807) is 7.11 Å². The van der Waals surface area contributed by atoms with Crippen molar-refractivity contribution in [2.45, 2.75) is 58.0 Å². The molecule has 3 aliphatic rings. The molecule has 1 aliphatic heterocycles. The number of aryl methyl sites for hydroxylation is 1. The minimum atomic E-state index is -0.422. The minimum absolute atomic E-state index is 0.114. The Kier molecular flexibility index (Phi) is 6.45. The number of carbonyl (C=O) groups excluding carboxylic acids is 2. The second-order valence-corrected chi connectivity index (χ2v) is 9.98. The van der Waals surface area contributed by atoms with Crippen molar-refractivity contribution in [2.24, 2.45) is 0 Å². The summed E-state index contributed by atoms with van der Waals surface area (Å²) in [4.78, 5) is 28.5. The van der Waals surface area contributed by atoms with Gasteiger partial charge in [0.05, 0.1) is 12.1 Å². The predicted molar refractivity (Wildman–Crippen MR) is 136 cm³/mol. The molecule has 0 saturated heterocycles. The van der Waals surface area contributed by atoms with Gasteiger partial charge >= 0.3 is 0 Å². The van der Waals surface area contributed by atoms with Crippen LogP contribution in [-0.2, 0) is 16.2 Å². The monoisotopic (exact) mass is 491 g/mol. The predicted octanol–water partition coefficient (Wildman–Crippen LogP) is 6.28. The van der Waals surface area contributed by atoms with Crippen LogP contribution >= 0.6 is 11.6 Å². The minimum Gasteiger partial charge on any atom is -0.493 e. The SMILES string of the molecule is COc1cc(C2C3=C(CCCC3=O)N(C)C3=C2C(=O)CCC3)cc(Cl)c1OCc1ccc(C)cc1. The van der Waals surface area contributed by atoms with Gasteiger partial charge in [0.15, 0.2) is 23.1 Å². The molecule has 5 nitrogen and oxygen atoms in total. The van der Waals surface area contributed by atoms with E-state index in [2.05, 4.69) is 4.90 Å². The third kappa shape index (κ3) is 4.27. The number of ether oxygens (including phenoxy) is 2. The Bertz CT molecular complexity index is 1210. The van der Waals surface area contributed by atoms with Crippen LogP contribution in [0, 0.1) is 6.92 Å². The van der Waals surface area contributed by atoms with Gasteiger partial charge in [0.2, 0.25) is 0 Å². The molecule has 0 fully saturated rings. The molecule has 0 N–H and O–H groups in total. The zero-order valence-corrected chi connectivity index (χ0v) is 21.2. The van der Waals surface area contributed by atoms with E-state index in [0.717, 1.165) is 59.4 Å². The van der Waals surface area contributed by atoms with Crippen molar-refractivity contribution in [3.63, 3.8) is 0 Å². The number of ketones is 2. The molecule has 0 unspecified atom stereocenters. The lowest BCUT2D eigenvalue weighted by atomic mass is 9.71. The first-order chi connectivity index (χ1) is 16.9. The maximum absolute atomic E-state index is 13.2. The molecule has 1 heterocycles. The van der Waals surface area contributed by atoms with E-state index >= 15 is 0 Å². The fourth-order valence-electron chi connectivity index (χ4n) is 5.57. The summed E-state index contributed by atoms with van der Waals surface area (Å²) in [5, 5.41) is 0.404. The maximum Gasteiger partial charge on any atom is 0.180 e. The Morgan fingerprint density at radius 1 is 0.943 bits per heavy atom. The molecule has 0 spiro atoms. The Labute approximate surface area is 211 Å². The van der Waals surface area contributed by atoms with Crippen molar-refractivity contribution in [2.75, 3.05) is 14.2 Å². The molecule has 0 radical (unpaired) electrons. The van der Waals surface area contributed by atoms with E-state index in [1.165, 1.54) is 5.56 Å². The highest BCUT2D eigenvalue weighted by atomic mass is 35.5. The van der Waals surface area contributed by atoms with Crippen LogP contribution < -0.4 is 9.47 Å². The molecule has 2 aromatic carbocycles. The summed E-state index contributed by atoms with van der Waals surface area (Å²) >= 11 is 6.76. The third-order valence-electron chi connectivity index (χ3n) is 7.33. The van der Waals surface area contributed by atoms with Crippen LogP contribution in [0.2, 0.25) is 5.02 Å². The third-order valence-corrected chi connectivity index (χ3v) is 7.61. The summed E-state index contributed by atoms with van der Waals surface area (Å²) in [6, 6.07) is 11.8. The van der Waals surface area contributed by atoms with Gasteiger partial charge in [-0.25, -0.2) is 0 Å². The summed E-state index contributed by atoms with van der Waals surface area (Å²) in [5.74, 6) is 0.758. The molecular weight excluding hydrogens is 462 g/mol. The first-order valence-corrected chi connectivity index (χ1v) is 12.6. The van der Waals surface area contributed by atoms with E-state index in [-0.39, 0.29) is 11.6 Å². The number of halogens is 1. The molecule has 0 saturated carbocycles. The van der Waals surface area contributed by atoms with Crippen molar-refractivity contribution in [1.29, 1.82) is 0 Å². The van der Waals surface area contributed by atoms with Crippen LogP contribution in [0.1, 0.15) is 61.1 Å². The molecule has 0 atom stereocenters. The molecule has 5 rings (SSSR count). The molecule has 0 amide bonds. The fraction of sp³-hybridized carbons (Fsp3) is 0.379. The van der Waals surface area contributed by atoms with Crippen LogP contribution in [0.5, 0.6) is 11.5 Å². The first kappa shape index (κ1) is 23.7. The molecule has 6 heteroatoms. The first-order valence-electron chi connectivity index (χ1n) is 12.2. The van der Waals surface area contributed by atoms with Crippen LogP contribution in [-0.4, -0.2) is 30.6 Å². The van der Waals surface area contributed by atoms with Gasteiger partial charge in [-0.15, -0.1) is 0 Å². The van der Waals surface area contributed by atoms with Crippen molar-refractivity contribution < 1.29 is 19.1 Å². The van der Waals surface area contributed by atoms with Crippen LogP contribution in [0.3, 0.4) is 0 Å². The smallest absolute Gasteiger partial charge is 0.180 e. The second kappa shape index (κ2) is 9.54. The number of carbonyl (C=O) groups is 2. The topological polar surface area (TPSA) is 55.8 Å². The zero-order valence-electron chi connectivity index (χ0n) is 20.4. The molecule has 182 valence electrons. The summed E-state index contributed by atoms with van der Waals surface area (Å²) in [7, 11) is 3.57. The van der Waals surface area contributed by atoms with Gasteiger partial charge in [-0.05, 0) is 55.9 Å². The Hall–Kier alpha value is -3.05. The highest BCUT2D eigenvalue weighted by Gasteiger charge is 2.42. The summed E-state index contributed by atoms with van der Waals surface area (Å²) in [6.45, 7) is 2.40. The largest absolute Gasteiger partial charge is 0.493 e. The quantitative estimate of drug-likeness (QED) is 0.492. The molecule has 2 aliphatic carbocycles. The van der Waals surface area contributed by atoms with E-state index in [9.17, 15) is 9.59 Å². The summed E-state index contributed by atoms with van der Waals surface area (Å²) in [5.41, 5.74) is 6.55. The van der Waals surface area contributed by atoms with Gasteiger partial charge in [0.25, 0.3) is 0 Å². The molecule has 0 bridgehead atoms. The summed E-state index contributed by atoms with van der Waals surface area (Å²) < 4.78 is 11.8. The number of Topliss-reactive ketones (excluding diaryl/α,β-unsaturated/α-hetero) is 2. The van der Waals surface area contributed by atoms with Crippen molar-refractivity contribution in [3.8, 4) is 11.5 Å². The second-order valence-electron chi connectivity index (χ2n) is 9.57. The highest BCUT2D eigenvalue weighted by molar-refractivity contribution is 6.32. The van der Waals surface area contributed by atoms with Gasteiger partial charge in [-0.1, -0.05) is 41.4 Å². The van der Waals surface area contributed by atoms with E-state index in [0.29, 0.717) is 36.0 Å². The molecular formula is C29H30ClNO4. The van der Waals surface area contributed by atoms with E-state index in [4.69, 9.17) is 21.1 Å². The number of rotatable bonds is 5. The summed E-state index contributed by atoms with van der Waals surface area (Å²) in [6.07, 6.45) is 4.34. The van der Waals surface area contributed by atoms with Gasteiger partial charge in [0, 0.05) is 48.3 Å². The standard InChI is InChI=1S/C29H30ClNO4/c1-17-10-12-18(13-11-17)16-35-29-20(30)14-19(15-25(29)34-3)26-27-21(6-4-8-23(27)32)31(2)22-7-5-9-24(33)28(22)26/h10-15,26H,4-9,16H2,1-3H3. The van der Waals surface area contributed by atoms with Crippen LogP contribution in [0.25, 0.3) is 0 Å². The number of methoxy groups -OCH3 is 1. The van der Waals surface area contributed by atoms with Crippen LogP contribution in [0.15, 0.2) is 58.9 Å². The zero-order chi connectivity index (χ0) is 24.7. The van der Waals surface area contributed by atoms with Gasteiger partial charge < -0.3 is 14.4 Å². The Balaban J connectivity index is 1.57. The lowest BCUT2D eigenvalue weighted by molar-refractivity contribution is -0.117. The maximum atomic E-state index is 13.2. The molecule has 0 aromatic heterocycles. The number of nitrogens with zero attached hydrogens (tertiary/aromatic N) is 1. The lowest BCUT2D eigenvalue weighted by Crippen LogP contribution is -2.37. The average molecular weight is 492 g/mol. The van der Waals surface area contributed by atoms with E-state index < -0.39 is 5.92 Å². The number of benzene rings is 2. The lowest BCUT2D eigenvalue weighted by Gasteiger charge is -2.42.